The number of methoxy groups -OCH3 is 1. The molecule has 1 aromatic carbocycles. The number of hydrogen-bond donors (Lipinski definition) is 1. The molecule has 1 fully saturated rings. The normalized spacial score (nSPS) is 17.6. The van der Waals surface area contributed by atoms with Crippen molar-refractivity contribution < 1.29 is 9.13 Å². The number of ether oxygens (including phenoxy) is 1. The highest BCUT2D eigenvalue weighted by Crippen LogP contribution is 2.35. The molecule has 0 radical (unpaired) electrons. The molecule has 96 valence electrons. The molecule has 0 saturated heterocycles. The summed E-state index contributed by atoms with van der Waals surface area (Å²) >= 11 is 0. The molecule has 1 aromatic rings. The van der Waals surface area contributed by atoms with Crippen LogP contribution in [0.15, 0.2) is 18.2 Å². The van der Waals surface area contributed by atoms with Gasteiger partial charge in [-0.2, -0.15) is 0 Å². The molecule has 1 aliphatic rings. The standard InChI is InChI=1S/C13H18FNO.ClH/c1-16-10-6-7-11(12(14)8-10)13(15)9-4-2-3-5-9;/h6-9,13H,2-5,15H2,1H3;1H/t13-;/m0./s1. The monoisotopic (exact) mass is 259 g/mol. The second-order valence-corrected chi connectivity index (χ2v) is 4.46. The van der Waals surface area contributed by atoms with E-state index in [-0.39, 0.29) is 24.3 Å². The number of benzene rings is 1. The van der Waals surface area contributed by atoms with Crippen LogP contribution in [0.4, 0.5) is 4.39 Å². The molecule has 2 N–H and O–H groups in total. The smallest absolute Gasteiger partial charge is 0.131 e. The summed E-state index contributed by atoms with van der Waals surface area (Å²) in [5, 5.41) is 0. The van der Waals surface area contributed by atoms with E-state index in [0.717, 1.165) is 12.8 Å². The lowest BCUT2D eigenvalue weighted by molar-refractivity contribution is 0.404. The summed E-state index contributed by atoms with van der Waals surface area (Å²) in [6.45, 7) is 0. The Balaban J connectivity index is 0.00000144. The van der Waals surface area contributed by atoms with E-state index < -0.39 is 0 Å². The van der Waals surface area contributed by atoms with Crippen molar-refractivity contribution in [3.8, 4) is 5.75 Å². The largest absolute Gasteiger partial charge is 0.497 e. The Morgan fingerprint density at radius 1 is 1.35 bits per heavy atom. The molecule has 0 spiro atoms. The minimum atomic E-state index is -0.251. The van der Waals surface area contributed by atoms with Crippen molar-refractivity contribution in [3.63, 3.8) is 0 Å². The van der Waals surface area contributed by atoms with Gasteiger partial charge in [-0.25, -0.2) is 4.39 Å². The third-order valence-corrected chi connectivity index (χ3v) is 3.47. The van der Waals surface area contributed by atoms with Crippen molar-refractivity contribution in [2.45, 2.75) is 31.7 Å². The number of hydrogen-bond acceptors (Lipinski definition) is 2. The van der Waals surface area contributed by atoms with Gasteiger partial charge in [0.25, 0.3) is 0 Å². The number of rotatable bonds is 3. The second kappa shape index (κ2) is 6.22. The van der Waals surface area contributed by atoms with Gasteiger partial charge < -0.3 is 10.5 Å². The first-order valence-electron chi connectivity index (χ1n) is 5.81. The third-order valence-electron chi connectivity index (χ3n) is 3.47. The van der Waals surface area contributed by atoms with E-state index in [0.29, 0.717) is 17.2 Å². The first-order chi connectivity index (χ1) is 7.72. The minimum Gasteiger partial charge on any atom is -0.497 e. The predicted molar refractivity (Wildman–Crippen MR) is 69.1 cm³/mol. The molecule has 1 saturated carbocycles. The lowest BCUT2D eigenvalue weighted by atomic mass is 9.92. The van der Waals surface area contributed by atoms with Gasteiger partial charge in [-0.05, 0) is 24.8 Å². The molecular formula is C13H19ClFNO. The SMILES string of the molecule is COc1ccc([C@@H](N)C2CCCC2)c(F)c1.Cl. The molecule has 0 aliphatic heterocycles. The Kier molecular flexibility index (Phi) is 5.22. The van der Waals surface area contributed by atoms with Crippen LogP contribution in [-0.2, 0) is 0 Å². The van der Waals surface area contributed by atoms with Crippen LogP contribution in [0.25, 0.3) is 0 Å². The van der Waals surface area contributed by atoms with Gasteiger partial charge in [-0.3, -0.25) is 0 Å². The zero-order chi connectivity index (χ0) is 11.5. The van der Waals surface area contributed by atoms with Crippen molar-refractivity contribution in [1.29, 1.82) is 0 Å². The summed E-state index contributed by atoms with van der Waals surface area (Å²) in [5.74, 6) is 0.724. The Bertz CT molecular complexity index is 366. The molecule has 2 rings (SSSR count). The average molecular weight is 260 g/mol. The van der Waals surface area contributed by atoms with Crippen molar-refractivity contribution in [1.82, 2.24) is 0 Å². The molecule has 1 atom stereocenters. The minimum absolute atomic E-state index is 0. The molecule has 0 aromatic heterocycles. The van der Waals surface area contributed by atoms with Crippen LogP contribution in [0.5, 0.6) is 5.75 Å². The van der Waals surface area contributed by atoms with Gasteiger partial charge in [0.15, 0.2) is 0 Å². The summed E-state index contributed by atoms with van der Waals surface area (Å²) in [6, 6.07) is 4.75. The van der Waals surface area contributed by atoms with E-state index >= 15 is 0 Å². The van der Waals surface area contributed by atoms with Crippen LogP contribution in [-0.4, -0.2) is 7.11 Å². The van der Waals surface area contributed by atoms with Crippen LogP contribution < -0.4 is 10.5 Å². The Morgan fingerprint density at radius 3 is 2.53 bits per heavy atom. The summed E-state index contributed by atoms with van der Waals surface area (Å²) in [6.07, 6.45) is 4.67. The second-order valence-electron chi connectivity index (χ2n) is 4.46. The van der Waals surface area contributed by atoms with Gasteiger partial charge in [-0.1, -0.05) is 18.9 Å². The van der Waals surface area contributed by atoms with E-state index in [9.17, 15) is 4.39 Å². The quantitative estimate of drug-likeness (QED) is 0.902. The fourth-order valence-corrected chi connectivity index (χ4v) is 2.48. The van der Waals surface area contributed by atoms with Crippen LogP contribution in [0.3, 0.4) is 0 Å². The lowest BCUT2D eigenvalue weighted by Crippen LogP contribution is -2.20. The first-order valence-corrected chi connectivity index (χ1v) is 5.81. The molecule has 17 heavy (non-hydrogen) atoms. The van der Waals surface area contributed by atoms with Crippen molar-refractivity contribution in [2.24, 2.45) is 11.7 Å². The summed E-state index contributed by atoms with van der Waals surface area (Å²) in [4.78, 5) is 0. The average Bonchev–Trinajstić information content (AvgIpc) is 2.81. The third kappa shape index (κ3) is 3.11. The fourth-order valence-electron chi connectivity index (χ4n) is 2.48. The molecule has 0 unspecified atom stereocenters. The van der Waals surface area contributed by atoms with Crippen LogP contribution in [0, 0.1) is 11.7 Å². The topological polar surface area (TPSA) is 35.2 Å². The van der Waals surface area contributed by atoms with E-state index in [2.05, 4.69) is 0 Å². The van der Waals surface area contributed by atoms with E-state index in [4.69, 9.17) is 10.5 Å². The van der Waals surface area contributed by atoms with Crippen LogP contribution in [0.2, 0.25) is 0 Å². The molecule has 0 amide bonds. The van der Waals surface area contributed by atoms with Gasteiger partial charge in [0.2, 0.25) is 0 Å². The maximum Gasteiger partial charge on any atom is 0.131 e. The molecule has 1 aliphatic carbocycles. The van der Waals surface area contributed by atoms with E-state index in [1.54, 1.807) is 12.1 Å². The predicted octanol–water partition coefficient (Wildman–Crippen LogP) is 3.45. The fraction of sp³-hybridized carbons (Fsp3) is 0.538. The highest BCUT2D eigenvalue weighted by atomic mass is 35.5. The van der Waals surface area contributed by atoms with Gasteiger partial charge in [0.1, 0.15) is 11.6 Å². The summed E-state index contributed by atoms with van der Waals surface area (Å²) < 4.78 is 18.8. The zero-order valence-corrected chi connectivity index (χ0v) is 10.8. The van der Waals surface area contributed by atoms with Gasteiger partial charge >= 0.3 is 0 Å². The Labute approximate surface area is 108 Å². The molecule has 0 bridgehead atoms. The highest BCUT2D eigenvalue weighted by Gasteiger charge is 2.25. The van der Waals surface area contributed by atoms with Gasteiger partial charge in [-0.15, -0.1) is 12.4 Å². The number of halogens is 2. The number of nitrogens with two attached hydrogens (primary N) is 1. The summed E-state index contributed by atoms with van der Waals surface area (Å²) in [5.41, 5.74) is 6.73. The first kappa shape index (κ1) is 14.3. The van der Waals surface area contributed by atoms with Gasteiger partial charge in [0, 0.05) is 17.7 Å². The Morgan fingerprint density at radius 2 is 2.00 bits per heavy atom. The van der Waals surface area contributed by atoms with E-state index in [1.165, 1.54) is 26.0 Å². The van der Waals surface area contributed by atoms with Crippen molar-refractivity contribution in [2.75, 3.05) is 7.11 Å². The van der Waals surface area contributed by atoms with Gasteiger partial charge in [0.05, 0.1) is 7.11 Å². The summed E-state index contributed by atoms with van der Waals surface area (Å²) in [7, 11) is 1.53. The molecule has 2 nitrogen and oxygen atoms in total. The van der Waals surface area contributed by atoms with Crippen LogP contribution >= 0.6 is 12.4 Å². The van der Waals surface area contributed by atoms with Crippen molar-refractivity contribution in [3.05, 3.63) is 29.6 Å². The lowest BCUT2D eigenvalue weighted by Gasteiger charge is -2.20. The zero-order valence-electron chi connectivity index (χ0n) is 9.99. The molecule has 0 heterocycles. The maximum absolute atomic E-state index is 13.8. The Hall–Kier alpha value is -0.800. The maximum atomic E-state index is 13.8. The molecule has 4 heteroatoms. The highest BCUT2D eigenvalue weighted by molar-refractivity contribution is 5.85. The molecular weight excluding hydrogens is 241 g/mol. The van der Waals surface area contributed by atoms with Crippen molar-refractivity contribution >= 4 is 12.4 Å². The van der Waals surface area contributed by atoms with E-state index in [1.807, 2.05) is 0 Å². The van der Waals surface area contributed by atoms with Crippen LogP contribution in [0.1, 0.15) is 37.3 Å².